The first-order chi connectivity index (χ1) is 10.5. The summed E-state index contributed by atoms with van der Waals surface area (Å²) in [7, 11) is 1.55. The molecule has 0 unspecified atom stereocenters. The molecule has 2 N–H and O–H groups in total. The minimum Gasteiger partial charge on any atom is -0.496 e. The fourth-order valence-corrected chi connectivity index (χ4v) is 1.87. The van der Waals surface area contributed by atoms with Crippen LogP contribution in [0.1, 0.15) is 21.6 Å². The molecule has 8 heteroatoms. The van der Waals surface area contributed by atoms with E-state index in [1.165, 1.54) is 10.9 Å². The summed E-state index contributed by atoms with van der Waals surface area (Å²) in [5.41, 5.74) is 1.89. The lowest BCUT2D eigenvalue weighted by Crippen LogP contribution is -2.23. The molecular weight excluding hydrogens is 288 g/mol. The van der Waals surface area contributed by atoms with E-state index in [1.54, 1.807) is 25.3 Å². The van der Waals surface area contributed by atoms with Gasteiger partial charge >= 0.3 is 5.97 Å². The number of aryl methyl sites for hydroxylation is 1. The van der Waals surface area contributed by atoms with Gasteiger partial charge in [-0.2, -0.15) is 0 Å². The second-order valence-corrected chi connectivity index (χ2v) is 4.67. The maximum atomic E-state index is 12.1. The third-order valence-electron chi connectivity index (χ3n) is 2.98. The van der Waals surface area contributed by atoms with Gasteiger partial charge in [0.1, 0.15) is 18.0 Å². The van der Waals surface area contributed by atoms with Crippen LogP contribution in [-0.2, 0) is 17.9 Å². The van der Waals surface area contributed by atoms with Crippen LogP contribution in [0.25, 0.3) is 0 Å². The van der Waals surface area contributed by atoms with E-state index in [0.29, 0.717) is 17.0 Å². The van der Waals surface area contributed by atoms with Gasteiger partial charge in [0.15, 0.2) is 0 Å². The highest BCUT2D eigenvalue weighted by Gasteiger charge is 2.10. The van der Waals surface area contributed by atoms with E-state index >= 15 is 0 Å². The van der Waals surface area contributed by atoms with Crippen LogP contribution in [0.4, 0.5) is 0 Å². The molecule has 8 nitrogen and oxygen atoms in total. The molecule has 0 saturated heterocycles. The fourth-order valence-electron chi connectivity index (χ4n) is 1.87. The molecule has 22 heavy (non-hydrogen) atoms. The number of nitrogens with one attached hydrogen (secondary N) is 1. The van der Waals surface area contributed by atoms with Gasteiger partial charge in [0.25, 0.3) is 5.91 Å². The van der Waals surface area contributed by atoms with Crippen LogP contribution in [0.5, 0.6) is 5.75 Å². The van der Waals surface area contributed by atoms with Gasteiger partial charge in [0.05, 0.1) is 19.9 Å². The van der Waals surface area contributed by atoms with Gasteiger partial charge in [-0.1, -0.05) is 11.3 Å². The number of carboxylic acid groups (broad SMARTS) is 1. The predicted molar refractivity (Wildman–Crippen MR) is 76.6 cm³/mol. The Labute approximate surface area is 126 Å². The Morgan fingerprint density at radius 1 is 1.41 bits per heavy atom. The summed E-state index contributed by atoms with van der Waals surface area (Å²) in [6.45, 7) is 1.78. The van der Waals surface area contributed by atoms with Crippen molar-refractivity contribution in [1.82, 2.24) is 20.3 Å². The van der Waals surface area contributed by atoms with E-state index in [9.17, 15) is 9.59 Å². The zero-order valence-electron chi connectivity index (χ0n) is 12.2. The molecule has 1 aromatic carbocycles. The van der Waals surface area contributed by atoms with Gasteiger partial charge in [-0.05, 0) is 24.6 Å². The fraction of sp³-hybridized carbons (Fsp3) is 0.286. The summed E-state index contributed by atoms with van der Waals surface area (Å²) in [5.74, 6) is -0.640. The van der Waals surface area contributed by atoms with Crippen molar-refractivity contribution < 1.29 is 19.4 Å². The van der Waals surface area contributed by atoms with Crippen LogP contribution >= 0.6 is 0 Å². The smallest absolute Gasteiger partial charge is 0.325 e. The lowest BCUT2D eigenvalue weighted by Gasteiger charge is -2.07. The number of carbonyl (C=O) groups excluding carboxylic acids is 1. The number of benzene rings is 1. The van der Waals surface area contributed by atoms with Gasteiger partial charge in [0, 0.05) is 5.56 Å². The van der Waals surface area contributed by atoms with E-state index in [2.05, 4.69) is 15.6 Å². The van der Waals surface area contributed by atoms with Gasteiger partial charge in [-0.25, -0.2) is 4.68 Å². The second-order valence-electron chi connectivity index (χ2n) is 4.67. The number of aromatic nitrogens is 3. The molecule has 2 rings (SSSR count). The number of ether oxygens (including phenoxy) is 1. The predicted octanol–water partition coefficient (Wildman–Crippen LogP) is 0.610. The third-order valence-corrected chi connectivity index (χ3v) is 2.98. The lowest BCUT2D eigenvalue weighted by atomic mass is 10.1. The van der Waals surface area contributed by atoms with Gasteiger partial charge in [-0.15, -0.1) is 5.10 Å². The Hall–Kier alpha value is -2.90. The standard InChI is InChI=1S/C14H16N4O4/c1-9-3-4-10(5-12(9)22-2)14(21)15-6-11-7-18(17-16-11)8-13(19)20/h3-5,7H,6,8H2,1-2H3,(H,15,21)(H,19,20). The summed E-state index contributed by atoms with van der Waals surface area (Å²) >= 11 is 0. The topological polar surface area (TPSA) is 106 Å². The van der Waals surface area contributed by atoms with E-state index < -0.39 is 5.97 Å². The Morgan fingerprint density at radius 2 is 2.18 bits per heavy atom. The summed E-state index contributed by atoms with van der Waals surface area (Å²) in [4.78, 5) is 22.6. The highest BCUT2D eigenvalue weighted by molar-refractivity contribution is 5.94. The minimum absolute atomic E-state index is 0.161. The summed E-state index contributed by atoms with van der Waals surface area (Å²) in [6, 6.07) is 5.16. The maximum Gasteiger partial charge on any atom is 0.325 e. The van der Waals surface area contributed by atoms with Crippen molar-refractivity contribution in [1.29, 1.82) is 0 Å². The van der Waals surface area contributed by atoms with E-state index in [4.69, 9.17) is 9.84 Å². The Bertz CT molecular complexity index is 696. The molecule has 0 aliphatic heterocycles. The van der Waals surface area contributed by atoms with Crippen LogP contribution in [0.3, 0.4) is 0 Å². The zero-order valence-corrected chi connectivity index (χ0v) is 12.2. The van der Waals surface area contributed by atoms with Gasteiger partial charge < -0.3 is 15.2 Å². The molecule has 0 saturated carbocycles. The van der Waals surface area contributed by atoms with Crippen molar-refractivity contribution in [2.24, 2.45) is 0 Å². The Morgan fingerprint density at radius 3 is 2.86 bits per heavy atom. The lowest BCUT2D eigenvalue weighted by molar-refractivity contribution is -0.137. The highest BCUT2D eigenvalue weighted by atomic mass is 16.5. The van der Waals surface area contributed by atoms with Gasteiger partial charge in [-0.3, -0.25) is 9.59 Å². The largest absolute Gasteiger partial charge is 0.496 e. The molecule has 116 valence electrons. The van der Waals surface area contributed by atoms with E-state index in [-0.39, 0.29) is 19.0 Å². The first kappa shape index (κ1) is 15.5. The van der Waals surface area contributed by atoms with Gasteiger partial charge in [0.2, 0.25) is 0 Å². The Balaban J connectivity index is 1.97. The quantitative estimate of drug-likeness (QED) is 0.810. The molecule has 0 aliphatic carbocycles. The van der Waals surface area contributed by atoms with Crippen molar-refractivity contribution in [2.45, 2.75) is 20.0 Å². The normalized spacial score (nSPS) is 10.3. The first-order valence-electron chi connectivity index (χ1n) is 6.53. The summed E-state index contributed by atoms with van der Waals surface area (Å²) < 4.78 is 6.37. The van der Waals surface area contributed by atoms with Crippen molar-refractivity contribution in [3.63, 3.8) is 0 Å². The molecule has 0 spiro atoms. The van der Waals surface area contributed by atoms with E-state index in [0.717, 1.165) is 5.56 Å². The Kier molecular flexibility index (Phi) is 4.72. The number of carboxylic acids is 1. The molecule has 1 heterocycles. The molecule has 1 amide bonds. The monoisotopic (exact) mass is 304 g/mol. The molecule has 2 aromatic rings. The maximum absolute atomic E-state index is 12.1. The molecule has 0 aliphatic rings. The van der Waals surface area contributed by atoms with Crippen LogP contribution in [0, 0.1) is 6.92 Å². The van der Waals surface area contributed by atoms with Crippen molar-refractivity contribution in [2.75, 3.05) is 7.11 Å². The number of hydrogen-bond acceptors (Lipinski definition) is 5. The molecular formula is C14H16N4O4. The molecule has 1 aromatic heterocycles. The van der Waals surface area contributed by atoms with E-state index in [1.807, 2.05) is 6.92 Å². The number of nitrogens with zero attached hydrogens (tertiary/aromatic N) is 3. The van der Waals surface area contributed by atoms with Crippen LogP contribution in [-0.4, -0.2) is 39.1 Å². The number of carbonyl (C=O) groups is 2. The molecule has 0 bridgehead atoms. The van der Waals surface area contributed by atoms with Crippen LogP contribution < -0.4 is 10.1 Å². The molecule has 0 radical (unpaired) electrons. The SMILES string of the molecule is COc1cc(C(=O)NCc2cn(CC(=O)O)nn2)ccc1C. The van der Waals surface area contributed by atoms with Crippen molar-refractivity contribution in [3.05, 3.63) is 41.2 Å². The number of aliphatic carboxylic acids is 1. The number of methoxy groups -OCH3 is 1. The minimum atomic E-state index is -1.01. The number of hydrogen-bond donors (Lipinski definition) is 2. The van der Waals surface area contributed by atoms with Crippen molar-refractivity contribution in [3.8, 4) is 5.75 Å². The second kappa shape index (κ2) is 6.70. The summed E-state index contributed by atoms with van der Waals surface area (Å²) in [6.07, 6.45) is 1.48. The third kappa shape index (κ3) is 3.81. The zero-order chi connectivity index (χ0) is 16.1. The van der Waals surface area contributed by atoms with Crippen LogP contribution in [0.2, 0.25) is 0 Å². The molecule has 0 fully saturated rings. The average Bonchev–Trinajstić information content (AvgIpc) is 2.92. The summed E-state index contributed by atoms with van der Waals surface area (Å²) in [5, 5.41) is 18.8. The number of amides is 1. The van der Waals surface area contributed by atoms with Crippen LogP contribution in [0.15, 0.2) is 24.4 Å². The average molecular weight is 304 g/mol. The van der Waals surface area contributed by atoms with Crippen molar-refractivity contribution >= 4 is 11.9 Å². The first-order valence-corrected chi connectivity index (χ1v) is 6.53. The number of rotatable bonds is 6. The highest BCUT2D eigenvalue weighted by Crippen LogP contribution is 2.18. The molecule has 0 atom stereocenters.